The number of hydrogen-bond acceptors (Lipinski definition) is 2. The lowest BCUT2D eigenvalue weighted by atomic mass is 9.99. The summed E-state index contributed by atoms with van der Waals surface area (Å²) in [4.78, 5) is 2.78. The molecule has 2 atom stereocenters. The molecule has 0 radical (unpaired) electrons. The van der Waals surface area contributed by atoms with Gasteiger partial charge in [-0.1, -0.05) is 41.0 Å². The maximum Gasteiger partial charge on any atom is 0.0223 e. The Morgan fingerprint density at radius 3 is 2.47 bits per heavy atom. The van der Waals surface area contributed by atoms with Crippen molar-refractivity contribution >= 4 is 0 Å². The van der Waals surface area contributed by atoms with Crippen LogP contribution >= 0.6 is 0 Å². The fraction of sp³-hybridized carbons (Fsp3) is 1.00. The summed E-state index contributed by atoms with van der Waals surface area (Å²) < 4.78 is 0. The molecule has 1 saturated heterocycles. The smallest absolute Gasteiger partial charge is 0.0223 e. The van der Waals surface area contributed by atoms with Crippen molar-refractivity contribution in [2.24, 2.45) is 5.92 Å². The van der Waals surface area contributed by atoms with Crippen LogP contribution in [0.25, 0.3) is 0 Å². The highest BCUT2D eigenvalue weighted by Gasteiger charge is 2.31. The summed E-state index contributed by atoms with van der Waals surface area (Å²) in [6, 6.07) is 2.17. The van der Waals surface area contributed by atoms with Gasteiger partial charge in [0.05, 0.1) is 0 Å². The van der Waals surface area contributed by atoms with Crippen LogP contribution in [-0.4, -0.2) is 36.1 Å². The van der Waals surface area contributed by atoms with E-state index in [-0.39, 0.29) is 0 Å². The van der Waals surface area contributed by atoms with E-state index in [4.69, 9.17) is 0 Å². The minimum Gasteiger partial charge on any atom is -0.313 e. The van der Waals surface area contributed by atoms with Gasteiger partial charge in [-0.15, -0.1) is 0 Å². The second-order valence-corrected chi connectivity index (χ2v) is 6.20. The van der Waals surface area contributed by atoms with Crippen molar-refractivity contribution in [1.29, 1.82) is 0 Å². The van der Waals surface area contributed by atoms with Crippen LogP contribution in [0.5, 0.6) is 0 Å². The highest BCUT2D eigenvalue weighted by molar-refractivity contribution is 4.87. The molecular weight excluding hydrogens is 208 g/mol. The Hall–Kier alpha value is -0.0800. The van der Waals surface area contributed by atoms with Gasteiger partial charge >= 0.3 is 0 Å². The Bertz CT molecular complexity index is 201. The van der Waals surface area contributed by atoms with Gasteiger partial charge in [0, 0.05) is 24.7 Å². The maximum atomic E-state index is 3.63. The molecule has 0 aliphatic carbocycles. The van der Waals surface area contributed by atoms with E-state index >= 15 is 0 Å². The van der Waals surface area contributed by atoms with Crippen LogP contribution < -0.4 is 5.32 Å². The number of nitrogens with one attached hydrogen (secondary N) is 1. The molecule has 1 aliphatic rings. The van der Waals surface area contributed by atoms with Gasteiger partial charge < -0.3 is 5.32 Å². The van der Waals surface area contributed by atoms with E-state index in [1.54, 1.807) is 0 Å². The van der Waals surface area contributed by atoms with Crippen molar-refractivity contribution in [3.05, 3.63) is 0 Å². The Balaban J connectivity index is 2.55. The van der Waals surface area contributed by atoms with E-state index < -0.39 is 0 Å². The van der Waals surface area contributed by atoms with Crippen molar-refractivity contribution in [1.82, 2.24) is 10.2 Å². The quantitative estimate of drug-likeness (QED) is 0.735. The third kappa shape index (κ3) is 4.59. The Morgan fingerprint density at radius 1 is 1.24 bits per heavy atom. The molecule has 2 nitrogen and oxygen atoms in total. The van der Waals surface area contributed by atoms with Crippen molar-refractivity contribution in [3.8, 4) is 0 Å². The van der Waals surface area contributed by atoms with E-state index in [1.165, 1.54) is 32.2 Å². The lowest BCUT2D eigenvalue weighted by Crippen LogP contribution is -2.47. The fourth-order valence-electron chi connectivity index (χ4n) is 3.07. The molecule has 2 unspecified atom stereocenters. The van der Waals surface area contributed by atoms with Gasteiger partial charge in [-0.05, 0) is 31.7 Å². The van der Waals surface area contributed by atoms with Gasteiger partial charge in [0.25, 0.3) is 0 Å². The minimum absolute atomic E-state index is 0.606. The highest BCUT2D eigenvalue weighted by Crippen LogP contribution is 2.27. The zero-order valence-corrected chi connectivity index (χ0v) is 12.5. The summed E-state index contributed by atoms with van der Waals surface area (Å²) in [6.07, 6.45) is 5.43. The summed E-state index contributed by atoms with van der Waals surface area (Å²) in [7, 11) is 0. The standard InChI is InChI=1S/C15H32N2/c1-6-8-14(11-16-13(4)5)17-10-7-9-15(17)12(2)3/h12-16H,6-11H2,1-5H3. The van der Waals surface area contributed by atoms with E-state index in [0.717, 1.165) is 24.5 Å². The molecule has 1 heterocycles. The van der Waals surface area contributed by atoms with E-state index in [2.05, 4.69) is 44.8 Å². The third-order valence-electron chi connectivity index (χ3n) is 3.96. The lowest BCUT2D eigenvalue weighted by Gasteiger charge is -2.35. The number of rotatable bonds is 7. The van der Waals surface area contributed by atoms with Gasteiger partial charge in [0.15, 0.2) is 0 Å². The molecule has 1 N–H and O–H groups in total. The van der Waals surface area contributed by atoms with Crippen LogP contribution in [0.4, 0.5) is 0 Å². The van der Waals surface area contributed by atoms with Gasteiger partial charge in [-0.3, -0.25) is 4.90 Å². The largest absolute Gasteiger partial charge is 0.313 e. The van der Waals surface area contributed by atoms with E-state index in [0.29, 0.717) is 6.04 Å². The van der Waals surface area contributed by atoms with Crippen molar-refractivity contribution < 1.29 is 0 Å². The van der Waals surface area contributed by atoms with Crippen LogP contribution in [0, 0.1) is 5.92 Å². The van der Waals surface area contributed by atoms with Crippen molar-refractivity contribution in [2.45, 2.75) is 78.4 Å². The molecule has 102 valence electrons. The van der Waals surface area contributed by atoms with Gasteiger partial charge in [-0.25, -0.2) is 0 Å². The molecule has 17 heavy (non-hydrogen) atoms. The summed E-state index contributed by atoms with van der Waals surface area (Å²) in [5.41, 5.74) is 0. The molecule has 1 fully saturated rings. The number of hydrogen-bond donors (Lipinski definition) is 1. The van der Waals surface area contributed by atoms with Gasteiger partial charge in [-0.2, -0.15) is 0 Å². The SMILES string of the molecule is CCCC(CNC(C)C)N1CCCC1C(C)C. The zero-order chi connectivity index (χ0) is 12.8. The Kier molecular flexibility index (Phi) is 6.50. The summed E-state index contributed by atoms with van der Waals surface area (Å²) in [5.74, 6) is 0.802. The topological polar surface area (TPSA) is 15.3 Å². The van der Waals surface area contributed by atoms with Gasteiger partial charge in [0.2, 0.25) is 0 Å². The molecule has 1 aliphatic heterocycles. The van der Waals surface area contributed by atoms with Gasteiger partial charge in [0.1, 0.15) is 0 Å². The van der Waals surface area contributed by atoms with Crippen molar-refractivity contribution in [2.75, 3.05) is 13.1 Å². The minimum atomic E-state index is 0.606. The predicted octanol–water partition coefficient (Wildman–Crippen LogP) is 3.27. The average molecular weight is 240 g/mol. The number of nitrogens with zero attached hydrogens (tertiary/aromatic N) is 1. The second kappa shape index (κ2) is 7.38. The summed E-state index contributed by atoms with van der Waals surface area (Å²) in [6.45, 7) is 14.0. The first kappa shape index (κ1) is 15.0. The first-order valence-corrected chi connectivity index (χ1v) is 7.55. The highest BCUT2D eigenvalue weighted by atomic mass is 15.2. The normalized spacial score (nSPS) is 23.8. The molecule has 0 aromatic carbocycles. The maximum absolute atomic E-state index is 3.63. The molecule has 2 heteroatoms. The summed E-state index contributed by atoms with van der Waals surface area (Å²) >= 11 is 0. The van der Waals surface area contributed by atoms with Crippen molar-refractivity contribution in [3.63, 3.8) is 0 Å². The first-order valence-electron chi connectivity index (χ1n) is 7.55. The summed E-state index contributed by atoms with van der Waals surface area (Å²) in [5, 5.41) is 3.63. The molecule has 0 saturated carbocycles. The van der Waals surface area contributed by atoms with E-state index in [1.807, 2.05) is 0 Å². The molecule has 0 aromatic rings. The van der Waals surface area contributed by atoms with Crippen LogP contribution in [0.15, 0.2) is 0 Å². The Labute approximate surface area is 108 Å². The van der Waals surface area contributed by atoms with Crippen LogP contribution in [0.3, 0.4) is 0 Å². The molecule has 0 amide bonds. The van der Waals surface area contributed by atoms with Crippen LogP contribution in [0.2, 0.25) is 0 Å². The van der Waals surface area contributed by atoms with E-state index in [9.17, 15) is 0 Å². The lowest BCUT2D eigenvalue weighted by molar-refractivity contribution is 0.134. The first-order chi connectivity index (χ1) is 8.06. The molecule has 0 aromatic heterocycles. The Morgan fingerprint density at radius 2 is 1.94 bits per heavy atom. The second-order valence-electron chi connectivity index (χ2n) is 6.20. The number of likely N-dealkylation sites (tertiary alicyclic amines) is 1. The average Bonchev–Trinajstić information content (AvgIpc) is 2.72. The molecule has 0 bridgehead atoms. The zero-order valence-electron chi connectivity index (χ0n) is 12.5. The third-order valence-corrected chi connectivity index (χ3v) is 3.96. The molecule has 1 rings (SSSR count). The molecular formula is C15H32N2. The predicted molar refractivity (Wildman–Crippen MR) is 76.4 cm³/mol. The van der Waals surface area contributed by atoms with Crippen LogP contribution in [0.1, 0.15) is 60.3 Å². The monoisotopic (exact) mass is 240 g/mol. The van der Waals surface area contributed by atoms with Crippen LogP contribution in [-0.2, 0) is 0 Å². The molecule has 0 spiro atoms. The fourth-order valence-corrected chi connectivity index (χ4v) is 3.07.